The van der Waals surface area contributed by atoms with Gasteiger partial charge in [-0.2, -0.15) is 0 Å². The Labute approximate surface area is 228 Å². The van der Waals surface area contributed by atoms with Crippen LogP contribution in [-0.4, -0.2) is 63.1 Å². The van der Waals surface area contributed by atoms with Gasteiger partial charge in [-0.1, -0.05) is 42.5 Å². The van der Waals surface area contributed by atoms with Gasteiger partial charge >= 0.3 is 0 Å². The number of fused-ring (bicyclic) bond motifs is 2. The summed E-state index contributed by atoms with van der Waals surface area (Å²) < 4.78 is 27.3. The molecule has 10 nitrogen and oxygen atoms in total. The molecule has 7 rings (SSSR count). The number of nitrogens with one attached hydrogen (secondary N) is 1. The average molecular weight is 540 g/mol. The molecule has 0 unspecified atom stereocenters. The summed E-state index contributed by atoms with van der Waals surface area (Å²) in [4.78, 5) is 20.9. The standard InChI is InChI=1S/C29H26FN7O3/c30-22-8-4-5-9-24(22)35-10-12-36(13-11-35)27(28-32-33-34-37(28)17-19-6-2-1-3-7-19)21-14-20-15-25-26(40-18-39-25)16-23(20)31-29(21)38/h1-9,14-16,27H,10-13,17-18H2,(H,31,38)/t27-/m1/s1. The molecule has 202 valence electrons. The third-order valence-corrected chi connectivity index (χ3v) is 7.51. The van der Waals surface area contributed by atoms with E-state index in [0.717, 1.165) is 10.9 Å². The van der Waals surface area contributed by atoms with Crippen LogP contribution in [0.3, 0.4) is 0 Å². The fourth-order valence-electron chi connectivity index (χ4n) is 5.52. The molecule has 0 amide bonds. The van der Waals surface area contributed by atoms with Gasteiger partial charge in [0.15, 0.2) is 17.3 Å². The van der Waals surface area contributed by atoms with E-state index in [9.17, 15) is 9.18 Å². The van der Waals surface area contributed by atoms with Crippen molar-refractivity contribution in [3.8, 4) is 11.5 Å². The number of pyridine rings is 1. The van der Waals surface area contributed by atoms with Crippen molar-refractivity contribution in [3.05, 3.63) is 106 Å². The zero-order valence-corrected chi connectivity index (χ0v) is 21.5. The molecular weight excluding hydrogens is 513 g/mol. The maximum absolute atomic E-state index is 14.5. The third kappa shape index (κ3) is 4.43. The molecule has 0 bridgehead atoms. The van der Waals surface area contributed by atoms with Gasteiger partial charge in [-0.25, -0.2) is 9.07 Å². The lowest BCUT2D eigenvalue weighted by Crippen LogP contribution is -2.49. The van der Waals surface area contributed by atoms with E-state index in [1.807, 2.05) is 53.4 Å². The molecule has 4 heterocycles. The van der Waals surface area contributed by atoms with E-state index in [0.29, 0.717) is 66.8 Å². The van der Waals surface area contributed by atoms with Crippen LogP contribution in [0.15, 0.2) is 77.6 Å². The highest BCUT2D eigenvalue weighted by Crippen LogP contribution is 2.36. The smallest absolute Gasteiger partial charge is 0.253 e. The van der Waals surface area contributed by atoms with Gasteiger partial charge in [0.25, 0.3) is 5.56 Å². The number of hydrogen-bond donors (Lipinski definition) is 1. The van der Waals surface area contributed by atoms with E-state index in [2.05, 4.69) is 25.4 Å². The van der Waals surface area contributed by atoms with E-state index in [4.69, 9.17) is 9.47 Å². The van der Waals surface area contributed by atoms with Crippen LogP contribution in [0.1, 0.15) is 23.0 Å². The Bertz CT molecular complexity index is 1730. The van der Waals surface area contributed by atoms with Crippen LogP contribution in [0, 0.1) is 5.82 Å². The maximum atomic E-state index is 14.5. The average Bonchev–Trinajstić information content (AvgIpc) is 3.63. The van der Waals surface area contributed by atoms with E-state index in [-0.39, 0.29) is 18.2 Å². The fraction of sp³-hybridized carbons (Fsp3) is 0.241. The quantitative estimate of drug-likeness (QED) is 0.351. The first-order valence-corrected chi connectivity index (χ1v) is 13.1. The van der Waals surface area contributed by atoms with Crippen molar-refractivity contribution < 1.29 is 13.9 Å². The SMILES string of the molecule is O=c1[nH]c2cc3c(cc2cc1[C@H](c1nnnn1Cc1ccccc1)N1CCN(c2ccccc2F)CC1)OCO3. The summed E-state index contributed by atoms with van der Waals surface area (Å²) in [6.45, 7) is 2.93. The lowest BCUT2D eigenvalue weighted by molar-refractivity contribution is 0.174. The van der Waals surface area contributed by atoms with E-state index in [1.54, 1.807) is 22.9 Å². The van der Waals surface area contributed by atoms with Crippen molar-refractivity contribution in [1.82, 2.24) is 30.1 Å². The number of anilines is 1. The number of aromatic nitrogens is 5. The fourth-order valence-corrected chi connectivity index (χ4v) is 5.52. The summed E-state index contributed by atoms with van der Waals surface area (Å²) in [7, 11) is 0. The van der Waals surface area contributed by atoms with Gasteiger partial charge in [-0.05, 0) is 40.3 Å². The zero-order chi connectivity index (χ0) is 27.1. The van der Waals surface area contributed by atoms with Gasteiger partial charge in [0.2, 0.25) is 6.79 Å². The summed E-state index contributed by atoms with van der Waals surface area (Å²) in [5.74, 6) is 1.55. The van der Waals surface area contributed by atoms with Crippen LogP contribution in [0.4, 0.5) is 10.1 Å². The van der Waals surface area contributed by atoms with Crippen molar-refractivity contribution in [2.45, 2.75) is 12.6 Å². The van der Waals surface area contributed by atoms with Gasteiger partial charge < -0.3 is 19.4 Å². The molecule has 0 spiro atoms. The largest absolute Gasteiger partial charge is 0.454 e. The first kappa shape index (κ1) is 24.3. The lowest BCUT2D eigenvalue weighted by atomic mass is 10.0. The number of rotatable bonds is 6. The molecule has 1 fully saturated rings. The summed E-state index contributed by atoms with van der Waals surface area (Å²) in [6, 6.07) is 21.7. The number of piperazine rings is 1. The van der Waals surface area contributed by atoms with Gasteiger partial charge in [-0.15, -0.1) is 5.10 Å². The van der Waals surface area contributed by atoms with Crippen LogP contribution in [0.25, 0.3) is 10.9 Å². The zero-order valence-electron chi connectivity index (χ0n) is 21.5. The van der Waals surface area contributed by atoms with Crippen LogP contribution in [0.2, 0.25) is 0 Å². The van der Waals surface area contributed by atoms with Gasteiger partial charge in [0, 0.05) is 43.2 Å². The Morgan fingerprint density at radius 1 is 0.925 bits per heavy atom. The van der Waals surface area contributed by atoms with E-state index in [1.165, 1.54) is 6.07 Å². The molecule has 1 atom stereocenters. The molecule has 0 saturated carbocycles. The van der Waals surface area contributed by atoms with Crippen molar-refractivity contribution in [3.63, 3.8) is 0 Å². The van der Waals surface area contributed by atoms with Gasteiger partial charge in [0.1, 0.15) is 11.9 Å². The van der Waals surface area contributed by atoms with Crippen LogP contribution in [-0.2, 0) is 6.54 Å². The van der Waals surface area contributed by atoms with Gasteiger partial charge in [-0.3, -0.25) is 9.69 Å². The predicted octanol–water partition coefficient (Wildman–Crippen LogP) is 3.34. The second-order valence-electron chi connectivity index (χ2n) is 9.90. The second kappa shape index (κ2) is 10.1. The molecule has 2 aliphatic heterocycles. The first-order valence-electron chi connectivity index (χ1n) is 13.1. The number of benzene rings is 3. The Morgan fingerprint density at radius 3 is 2.48 bits per heavy atom. The summed E-state index contributed by atoms with van der Waals surface area (Å²) in [5.41, 5.74) is 2.56. The molecule has 40 heavy (non-hydrogen) atoms. The van der Waals surface area contributed by atoms with E-state index >= 15 is 0 Å². The van der Waals surface area contributed by atoms with Gasteiger partial charge in [0.05, 0.1) is 17.7 Å². The Balaban J connectivity index is 1.28. The number of halogens is 1. The summed E-state index contributed by atoms with van der Waals surface area (Å²) in [6.07, 6.45) is 0. The molecule has 2 aromatic heterocycles. The number of H-pyrrole nitrogens is 1. The van der Waals surface area contributed by atoms with Crippen LogP contribution >= 0.6 is 0 Å². The monoisotopic (exact) mass is 539 g/mol. The Kier molecular flexibility index (Phi) is 6.12. The summed E-state index contributed by atoms with van der Waals surface area (Å²) >= 11 is 0. The van der Waals surface area contributed by atoms with Crippen LogP contribution in [0.5, 0.6) is 11.5 Å². The number of para-hydroxylation sites is 1. The second-order valence-corrected chi connectivity index (χ2v) is 9.90. The minimum atomic E-state index is -0.528. The molecule has 1 saturated heterocycles. The Morgan fingerprint density at radius 2 is 1.68 bits per heavy atom. The highest BCUT2D eigenvalue weighted by molar-refractivity contribution is 5.83. The summed E-state index contributed by atoms with van der Waals surface area (Å²) in [5, 5.41) is 13.5. The number of nitrogens with zero attached hydrogens (tertiary/aromatic N) is 6. The molecule has 11 heteroatoms. The maximum Gasteiger partial charge on any atom is 0.253 e. The number of hydrogen-bond acceptors (Lipinski definition) is 8. The molecule has 1 N–H and O–H groups in total. The normalized spacial score (nSPS) is 16.0. The van der Waals surface area contributed by atoms with E-state index < -0.39 is 6.04 Å². The molecule has 0 radical (unpaired) electrons. The Hall–Kier alpha value is -4.77. The lowest BCUT2D eigenvalue weighted by Gasteiger charge is -2.39. The first-order chi connectivity index (χ1) is 19.6. The molecule has 5 aromatic rings. The van der Waals surface area contributed by atoms with Crippen molar-refractivity contribution >= 4 is 16.6 Å². The topological polar surface area (TPSA) is 101 Å². The third-order valence-electron chi connectivity index (χ3n) is 7.51. The molecule has 3 aromatic carbocycles. The molecule has 0 aliphatic carbocycles. The predicted molar refractivity (Wildman–Crippen MR) is 146 cm³/mol. The highest BCUT2D eigenvalue weighted by atomic mass is 19.1. The van der Waals surface area contributed by atoms with Crippen molar-refractivity contribution in [1.29, 1.82) is 0 Å². The highest BCUT2D eigenvalue weighted by Gasteiger charge is 2.33. The molecule has 2 aliphatic rings. The number of tetrazole rings is 1. The molecular formula is C29H26FN7O3. The van der Waals surface area contributed by atoms with Crippen molar-refractivity contribution in [2.24, 2.45) is 0 Å². The number of ether oxygens (including phenoxy) is 2. The minimum Gasteiger partial charge on any atom is -0.454 e. The number of aromatic amines is 1. The van der Waals surface area contributed by atoms with Crippen LogP contribution < -0.4 is 19.9 Å². The van der Waals surface area contributed by atoms with Crippen molar-refractivity contribution in [2.75, 3.05) is 37.9 Å². The minimum absolute atomic E-state index is 0.145.